The molecule has 176 valence electrons. The standard InChI is InChI=1S/C29H33N3O2/c1-20-17-21(2)19-24(18-20)34-16-10-9-15-32-27-14-8-7-13-26(27)31-28(32)23(4)30-29(33)25-12-6-5-11-22(25)3/h5-8,11-14,17-19,23H,9-10,15-16H2,1-4H3,(H,30,33). The number of carbonyl (C=O) groups is 1. The topological polar surface area (TPSA) is 56.1 Å². The number of benzene rings is 3. The van der Waals surface area contributed by atoms with Crippen LogP contribution in [0.4, 0.5) is 0 Å². The summed E-state index contributed by atoms with van der Waals surface area (Å²) in [5.41, 5.74) is 6.12. The van der Waals surface area contributed by atoms with Crippen molar-refractivity contribution in [3.05, 3.63) is 94.8 Å². The summed E-state index contributed by atoms with van der Waals surface area (Å²) in [5, 5.41) is 3.14. The number of aryl methyl sites for hydroxylation is 4. The van der Waals surface area contributed by atoms with Crippen LogP contribution in [0.3, 0.4) is 0 Å². The number of rotatable bonds is 9. The number of fused-ring (bicyclic) bond motifs is 1. The van der Waals surface area contributed by atoms with Crippen molar-refractivity contribution in [2.45, 2.75) is 53.1 Å². The molecule has 0 saturated carbocycles. The van der Waals surface area contributed by atoms with Crippen LogP contribution >= 0.6 is 0 Å². The highest BCUT2D eigenvalue weighted by Crippen LogP contribution is 2.23. The summed E-state index contributed by atoms with van der Waals surface area (Å²) in [4.78, 5) is 17.8. The Hall–Kier alpha value is -3.60. The summed E-state index contributed by atoms with van der Waals surface area (Å²) in [6, 6.07) is 21.9. The zero-order chi connectivity index (χ0) is 24.1. The maximum atomic E-state index is 12.9. The fourth-order valence-corrected chi connectivity index (χ4v) is 4.40. The summed E-state index contributed by atoms with van der Waals surface area (Å²) in [7, 11) is 0. The van der Waals surface area contributed by atoms with E-state index in [2.05, 4.69) is 48.0 Å². The largest absolute Gasteiger partial charge is 0.494 e. The number of unbranched alkanes of at least 4 members (excludes halogenated alkanes) is 1. The van der Waals surface area contributed by atoms with Gasteiger partial charge in [0.1, 0.15) is 11.6 Å². The van der Waals surface area contributed by atoms with E-state index < -0.39 is 0 Å². The van der Waals surface area contributed by atoms with Gasteiger partial charge in [-0.2, -0.15) is 0 Å². The van der Waals surface area contributed by atoms with Gasteiger partial charge in [0.2, 0.25) is 0 Å². The van der Waals surface area contributed by atoms with Crippen LogP contribution in [0.15, 0.2) is 66.7 Å². The lowest BCUT2D eigenvalue weighted by Crippen LogP contribution is -2.29. The Morgan fingerprint density at radius 2 is 1.68 bits per heavy atom. The second-order valence-corrected chi connectivity index (χ2v) is 9.00. The number of aromatic nitrogens is 2. The highest BCUT2D eigenvalue weighted by Gasteiger charge is 2.19. The van der Waals surface area contributed by atoms with E-state index in [1.807, 2.05) is 56.3 Å². The Bertz CT molecular complexity index is 1270. The van der Waals surface area contributed by atoms with Crippen molar-refractivity contribution in [3.8, 4) is 5.75 Å². The molecule has 0 aliphatic heterocycles. The van der Waals surface area contributed by atoms with Gasteiger partial charge in [-0.1, -0.05) is 36.4 Å². The van der Waals surface area contributed by atoms with Gasteiger partial charge in [0.05, 0.1) is 23.7 Å². The molecule has 0 fully saturated rings. The first-order chi connectivity index (χ1) is 16.4. The molecule has 34 heavy (non-hydrogen) atoms. The summed E-state index contributed by atoms with van der Waals surface area (Å²) in [5.74, 6) is 1.73. The van der Waals surface area contributed by atoms with E-state index >= 15 is 0 Å². The highest BCUT2D eigenvalue weighted by molar-refractivity contribution is 5.95. The summed E-state index contributed by atoms with van der Waals surface area (Å²) >= 11 is 0. The Morgan fingerprint density at radius 1 is 0.971 bits per heavy atom. The number of hydrogen-bond donors (Lipinski definition) is 1. The lowest BCUT2D eigenvalue weighted by Gasteiger charge is -2.17. The second-order valence-electron chi connectivity index (χ2n) is 9.00. The Labute approximate surface area is 201 Å². The Balaban J connectivity index is 1.43. The summed E-state index contributed by atoms with van der Waals surface area (Å²) < 4.78 is 8.21. The van der Waals surface area contributed by atoms with E-state index in [0.29, 0.717) is 12.2 Å². The minimum atomic E-state index is -0.217. The average molecular weight is 456 g/mol. The van der Waals surface area contributed by atoms with Crippen LogP contribution in [-0.2, 0) is 6.54 Å². The molecule has 5 nitrogen and oxygen atoms in total. The zero-order valence-corrected chi connectivity index (χ0v) is 20.5. The van der Waals surface area contributed by atoms with Gasteiger partial charge in [-0.3, -0.25) is 4.79 Å². The van der Waals surface area contributed by atoms with E-state index in [9.17, 15) is 4.79 Å². The van der Waals surface area contributed by atoms with Crippen molar-refractivity contribution in [2.75, 3.05) is 6.61 Å². The Morgan fingerprint density at radius 3 is 2.44 bits per heavy atom. The number of carbonyl (C=O) groups excluding carboxylic acids is 1. The van der Waals surface area contributed by atoms with Gasteiger partial charge in [0.15, 0.2) is 0 Å². The smallest absolute Gasteiger partial charge is 0.252 e. The van der Waals surface area contributed by atoms with Gasteiger partial charge in [-0.25, -0.2) is 4.98 Å². The highest BCUT2D eigenvalue weighted by atomic mass is 16.5. The molecule has 3 aromatic carbocycles. The quantitative estimate of drug-likeness (QED) is 0.301. The normalized spacial score (nSPS) is 12.0. The molecule has 0 bridgehead atoms. The minimum Gasteiger partial charge on any atom is -0.494 e. The van der Waals surface area contributed by atoms with Crippen molar-refractivity contribution in [3.63, 3.8) is 0 Å². The van der Waals surface area contributed by atoms with Crippen LogP contribution in [0.25, 0.3) is 11.0 Å². The molecule has 1 N–H and O–H groups in total. The lowest BCUT2D eigenvalue weighted by atomic mass is 10.1. The molecule has 0 aliphatic rings. The van der Waals surface area contributed by atoms with Gasteiger partial charge in [0.25, 0.3) is 5.91 Å². The molecule has 0 saturated heterocycles. The number of nitrogens with zero attached hydrogens (tertiary/aromatic N) is 2. The molecule has 1 unspecified atom stereocenters. The fourth-order valence-electron chi connectivity index (χ4n) is 4.40. The molecular weight excluding hydrogens is 422 g/mol. The van der Waals surface area contributed by atoms with Crippen LogP contribution in [0.5, 0.6) is 5.75 Å². The van der Waals surface area contributed by atoms with Crippen LogP contribution < -0.4 is 10.1 Å². The minimum absolute atomic E-state index is 0.0777. The van der Waals surface area contributed by atoms with Crippen molar-refractivity contribution >= 4 is 16.9 Å². The number of imidazole rings is 1. The van der Waals surface area contributed by atoms with Gasteiger partial charge in [-0.15, -0.1) is 0 Å². The zero-order valence-electron chi connectivity index (χ0n) is 20.5. The first kappa shape index (κ1) is 23.6. The second kappa shape index (κ2) is 10.6. The third-order valence-corrected chi connectivity index (χ3v) is 6.05. The average Bonchev–Trinajstić information content (AvgIpc) is 3.17. The maximum absolute atomic E-state index is 12.9. The van der Waals surface area contributed by atoms with E-state index in [4.69, 9.17) is 9.72 Å². The maximum Gasteiger partial charge on any atom is 0.252 e. The first-order valence-electron chi connectivity index (χ1n) is 11.9. The van der Waals surface area contributed by atoms with Crippen LogP contribution in [-0.4, -0.2) is 22.1 Å². The third kappa shape index (κ3) is 5.48. The van der Waals surface area contributed by atoms with Crippen molar-refractivity contribution < 1.29 is 9.53 Å². The Kier molecular flexibility index (Phi) is 7.31. The fraction of sp³-hybridized carbons (Fsp3) is 0.310. The van der Waals surface area contributed by atoms with Crippen molar-refractivity contribution in [1.82, 2.24) is 14.9 Å². The van der Waals surface area contributed by atoms with Gasteiger partial charge in [-0.05, 0) is 87.6 Å². The SMILES string of the molecule is Cc1cc(C)cc(OCCCCn2c(C(C)NC(=O)c3ccccc3C)nc3ccccc32)c1. The van der Waals surface area contributed by atoms with Crippen LogP contribution in [0.1, 0.15) is 58.7 Å². The number of para-hydroxylation sites is 2. The lowest BCUT2D eigenvalue weighted by molar-refractivity contribution is 0.0937. The summed E-state index contributed by atoms with van der Waals surface area (Å²) in [6.45, 7) is 9.61. The molecule has 1 atom stereocenters. The molecule has 1 amide bonds. The molecule has 1 aromatic heterocycles. The third-order valence-electron chi connectivity index (χ3n) is 6.05. The van der Waals surface area contributed by atoms with Crippen LogP contribution in [0.2, 0.25) is 0 Å². The number of amides is 1. The molecule has 1 heterocycles. The number of hydrogen-bond acceptors (Lipinski definition) is 3. The summed E-state index contributed by atoms with van der Waals surface area (Å²) in [6.07, 6.45) is 1.89. The van der Waals surface area contributed by atoms with E-state index in [0.717, 1.165) is 47.6 Å². The number of nitrogens with one attached hydrogen (secondary N) is 1. The molecule has 0 spiro atoms. The number of ether oxygens (including phenoxy) is 1. The molecule has 0 aliphatic carbocycles. The van der Waals surface area contributed by atoms with Crippen molar-refractivity contribution in [1.29, 1.82) is 0 Å². The molecule has 4 rings (SSSR count). The molecule has 5 heteroatoms. The predicted molar refractivity (Wildman–Crippen MR) is 137 cm³/mol. The van der Waals surface area contributed by atoms with Crippen molar-refractivity contribution in [2.24, 2.45) is 0 Å². The van der Waals surface area contributed by atoms with E-state index in [1.165, 1.54) is 11.1 Å². The molecule has 4 aromatic rings. The van der Waals surface area contributed by atoms with Gasteiger partial charge in [0, 0.05) is 12.1 Å². The van der Waals surface area contributed by atoms with E-state index in [1.54, 1.807) is 0 Å². The van der Waals surface area contributed by atoms with Gasteiger partial charge < -0.3 is 14.6 Å². The monoisotopic (exact) mass is 455 g/mol. The predicted octanol–water partition coefficient (Wildman–Crippen LogP) is 6.31. The van der Waals surface area contributed by atoms with Gasteiger partial charge >= 0.3 is 0 Å². The molecule has 0 radical (unpaired) electrons. The van der Waals surface area contributed by atoms with Crippen LogP contribution in [0, 0.1) is 20.8 Å². The van der Waals surface area contributed by atoms with E-state index in [-0.39, 0.29) is 11.9 Å². The first-order valence-corrected chi connectivity index (χ1v) is 11.9. The molecular formula is C29H33N3O2.